The zero-order chi connectivity index (χ0) is 19.4. The van der Waals surface area contributed by atoms with E-state index >= 15 is 0 Å². The molecule has 0 aromatic heterocycles. The normalized spacial score (nSPS) is 33.3. The van der Waals surface area contributed by atoms with Crippen LogP contribution in [0.25, 0.3) is 11.1 Å². The number of ether oxygens (including phenoxy) is 2. The molecule has 4 fully saturated rings. The van der Waals surface area contributed by atoms with Crippen LogP contribution in [-0.4, -0.2) is 0 Å². The zero-order valence-corrected chi connectivity index (χ0v) is 16.9. The highest BCUT2D eigenvalue weighted by Crippen LogP contribution is 2.71. The molecule has 1 aliphatic heterocycles. The fourth-order valence-electron chi connectivity index (χ4n) is 8.22. The van der Waals surface area contributed by atoms with Gasteiger partial charge in [0.25, 0.3) is 0 Å². The molecule has 9 rings (SSSR count). The second-order valence-corrected chi connectivity index (χ2v) is 10.2. The first-order chi connectivity index (χ1) is 14.8. The summed E-state index contributed by atoms with van der Waals surface area (Å²) in [5, 5.41) is 0. The van der Waals surface area contributed by atoms with E-state index in [0.29, 0.717) is 0 Å². The van der Waals surface area contributed by atoms with Gasteiger partial charge in [-0.05, 0) is 90.7 Å². The van der Waals surface area contributed by atoms with Crippen LogP contribution >= 0.6 is 0 Å². The van der Waals surface area contributed by atoms with Crippen LogP contribution < -0.4 is 9.47 Å². The third kappa shape index (κ3) is 1.75. The first kappa shape index (κ1) is 16.0. The molecule has 0 amide bonds. The van der Waals surface area contributed by atoms with Gasteiger partial charge in [0.2, 0.25) is 0 Å². The quantitative estimate of drug-likeness (QED) is 0.312. The van der Waals surface area contributed by atoms with Gasteiger partial charge in [-0.25, -0.2) is 0 Å². The van der Waals surface area contributed by atoms with E-state index in [1.807, 2.05) is 24.3 Å². The Balaban J connectivity index is 1.43. The Morgan fingerprint density at radius 3 is 2.03 bits per heavy atom. The van der Waals surface area contributed by atoms with Crippen molar-refractivity contribution in [2.75, 3.05) is 0 Å². The van der Waals surface area contributed by atoms with Crippen molar-refractivity contribution < 1.29 is 9.47 Å². The van der Waals surface area contributed by atoms with Gasteiger partial charge in [-0.3, -0.25) is 0 Å². The maximum absolute atomic E-state index is 6.66. The van der Waals surface area contributed by atoms with Crippen molar-refractivity contribution in [3.05, 3.63) is 71.8 Å². The van der Waals surface area contributed by atoms with E-state index in [0.717, 1.165) is 46.7 Å². The summed E-state index contributed by atoms with van der Waals surface area (Å²) in [6.07, 6.45) is 6.98. The molecule has 0 N–H and O–H groups in total. The first-order valence-electron chi connectivity index (χ1n) is 11.5. The second-order valence-electron chi connectivity index (χ2n) is 10.2. The van der Waals surface area contributed by atoms with E-state index in [2.05, 4.69) is 36.4 Å². The molecule has 3 aromatic rings. The van der Waals surface area contributed by atoms with Crippen molar-refractivity contribution in [2.45, 2.75) is 37.5 Å². The molecule has 1 spiro atoms. The minimum atomic E-state index is 0.0976. The van der Waals surface area contributed by atoms with Gasteiger partial charge < -0.3 is 9.47 Å². The fourth-order valence-corrected chi connectivity index (χ4v) is 8.22. The van der Waals surface area contributed by atoms with Gasteiger partial charge in [0.05, 0.1) is 0 Å². The largest absolute Gasteiger partial charge is 0.450 e. The molecular formula is C28H24O2. The van der Waals surface area contributed by atoms with Crippen molar-refractivity contribution in [3.8, 4) is 34.1 Å². The molecule has 5 aliphatic carbocycles. The van der Waals surface area contributed by atoms with Gasteiger partial charge in [-0.15, -0.1) is 0 Å². The third-order valence-electron chi connectivity index (χ3n) is 8.91. The number of rotatable bonds is 0. The predicted molar refractivity (Wildman–Crippen MR) is 116 cm³/mol. The molecule has 4 saturated carbocycles. The summed E-state index contributed by atoms with van der Waals surface area (Å²) in [5.74, 6) is 6.85. The average molecular weight is 392 g/mol. The summed E-state index contributed by atoms with van der Waals surface area (Å²) in [6.45, 7) is 0. The maximum atomic E-state index is 6.66. The number of hydrogen-bond acceptors (Lipinski definition) is 2. The molecule has 148 valence electrons. The monoisotopic (exact) mass is 392 g/mol. The van der Waals surface area contributed by atoms with E-state index in [4.69, 9.17) is 9.47 Å². The first-order valence-corrected chi connectivity index (χ1v) is 11.5. The summed E-state index contributed by atoms with van der Waals surface area (Å²) in [7, 11) is 0. The van der Waals surface area contributed by atoms with Crippen LogP contribution in [0, 0.1) is 23.7 Å². The lowest BCUT2D eigenvalue weighted by Crippen LogP contribution is -2.55. The molecule has 0 radical (unpaired) electrons. The second kappa shape index (κ2) is 5.29. The Morgan fingerprint density at radius 1 is 0.600 bits per heavy atom. The van der Waals surface area contributed by atoms with Crippen molar-refractivity contribution in [3.63, 3.8) is 0 Å². The molecule has 0 unspecified atom stereocenters. The molecule has 1 heterocycles. The summed E-state index contributed by atoms with van der Waals surface area (Å²) in [5.41, 5.74) is 5.89. The standard InChI is InChI=1S/C28H24O2/c1-2-6-22-20(5-1)21-9-10-25-27(30-24-8-4-3-7-23(24)29-25)26(21)28(22)18-12-16-11-17(14-18)15-19(28)13-16/h1-10,16-19H,11-15H2. The van der Waals surface area contributed by atoms with E-state index in [-0.39, 0.29) is 5.41 Å². The topological polar surface area (TPSA) is 18.5 Å². The Kier molecular flexibility index (Phi) is 2.83. The fraction of sp³-hybridized carbons (Fsp3) is 0.357. The maximum Gasteiger partial charge on any atom is 0.174 e. The van der Waals surface area contributed by atoms with Crippen LogP contribution in [0.2, 0.25) is 0 Å². The highest BCUT2D eigenvalue weighted by molar-refractivity contribution is 5.86. The summed E-state index contributed by atoms with van der Waals surface area (Å²) in [6, 6.07) is 21.7. The third-order valence-corrected chi connectivity index (χ3v) is 8.91. The van der Waals surface area contributed by atoms with Crippen molar-refractivity contribution in [1.29, 1.82) is 0 Å². The smallest absolute Gasteiger partial charge is 0.174 e. The summed E-state index contributed by atoms with van der Waals surface area (Å²) < 4.78 is 13.0. The Morgan fingerprint density at radius 2 is 1.27 bits per heavy atom. The van der Waals surface area contributed by atoms with Gasteiger partial charge in [0, 0.05) is 11.0 Å². The van der Waals surface area contributed by atoms with Gasteiger partial charge >= 0.3 is 0 Å². The van der Waals surface area contributed by atoms with Crippen LogP contribution in [-0.2, 0) is 5.41 Å². The number of benzene rings is 3. The SMILES string of the molecule is c1ccc2c(c1)Oc1ccc3c(c1O2)C1(c2ccccc2-3)C2CC3CC(C2)CC1C3. The highest BCUT2D eigenvalue weighted by atomic mass is 16.6. The molecule has 0 atom stereocenters. The van der Waals surface area contributed by atoms with E-state index < -0.39 is 0 Å². The Labute approximate surface area is 176 Å². The molecule has 4 bridgehead atoms. The van der Waals surface area contributed by atoms with Gasteiger partial charge in [0.15, 0.2) is 23.0 Å². The highest BCUT2D eigenvalue weighted by Gasteiger charge is 2.63. The predicted octanol–water partition coefficient (Wildman–Crippen LogP) is 7.31. The van der Waals surface area contributed by atoms with Crippen LogP contribution in [0.15, 0.2) is 60.7 Å². The van der Waals surface area contributed by atoms with Gasteiger partial charge in [-0.1, -0.05) is 42.5 Å². The van der Waals surface area contributed by atoms with Crippen molar-refractivity contribution in [1.82, 2.24) is 0 Å². The summed E-state index contributed by atoms with van der Waals surface area (Å²) in [4.78, 5) is 0. The minimum absolute atomic E-state index is 0.0976. The lowest BCUT2D eigenvalue weighted by molar-refractivity contribution is -0.0407. The van der Waals surface area contributed by atoms with Crippen LogP contribution in [0.1, 0.15) is 43.2 Å². The zero-order valence-electron chi connectivity index (χ0n) is 16.9. The number of para-hydroxylation sites is 2. The molecule has 3 aromatic carbocycles. The molecular weight excluding hydrogens is 368 g/mol. The molecule has 2 heteroatoms. The van der Waals surface area contributed by atoms with E-state index in [9.17, 15) is 0 Å². The Hall–Kier alpha value is -2.74. The van der Waals surface area contributed by atoms with Gasteiger partial charge in [-0.2, -0.15) is 0 Å². The molecule has 30 heavy (non-hydrogen) atoms. The molecule has 6 aliphatic rings. The minimum Gasteiger partial charge on any atom is -0.450 e. The lowest BCUT2D eigenvalue weighted by Gasteiger charge is -2.61. The van der Waals surface area contributed by atoms with Crippen molar-refractivity contribution >= 4 is 0 Å². The average Bonchev–Trinajstić information content (AvgIpc) is 3.07. The number of fused-ring (bicyclic) bond motifs is 6. The summed E-state index contributed by atoms with van der Waals surface area (Å²) >= 11 is 0. The molecule has 0 saturated heterocycles. The van der Waals surface area contributed by atoms with Gasteiger partial charge in [0.1, 0.15) is 0 Å². The van der Waals surface area contributed by atoms with Crippen LogP contribution in [0.3, 0.4) is 0 Å². The Bertz CT molecular complexity index is 1200. The van der Waals surface area contributed by atoms with Crippen LogP contribution in [0.5, 0.6) is 23.0 Å². The van der Waals surface area contributed by atoms with Crippen LogP contribution in [0.4, 0.5) is 0 Å². The van der Waals surface area contributed by atoms with E-state index in [1.54, 1.807) is 5.56 Å². The van der Waals surface area contributed by atoms with Crippen molar-refractivity contribution in [2.24, 2.45) is 23.7 Å². The molecule has 2 nitrogen and oxygen atoms in total. The lowest BCUT2D eigenvalue weighted by atomic mass is 9.43. The van der Waals surface area contributed by atoms with E-state index in [1.165, 1.54) is 48.8 Å². The number of hydrogen-bond donors (Lipinski definition) is 0.